The van der Waals surface area contributed by atoms with Crippen molar-refractivity contribution < 1.29 is 17.1 Å². The first-order valence-corrected chi connectivity index (χ1v) is 8.89. The monoisotopic (exact) mass is 342 g/mol. The van der Waals surface area contributed by atoms with Crippen LogP contribution in [-0.2, 0) is 17.1 Å². The number of hydrogen-bond donors (Lipinski definition) is 0. The van der Waals surface area contributed by atoms with Crippen molar-refractivity contribution in [3.63, 3.8) is 0 Å². The standard InChI is InChI=1S/C14H22P.C5H5.Fe/c1-12(2)14(10-6-3-7-11-14)15-13-8-4-5-9-13;1-2-4-5-3-1;/h4-5,8-9,12,15H,3,6-7,10-11H2,1-2H3;1-5H;/q-1;-5;. The van der Waals surface area contributed by atoms with Crippen LogP contribution in [0.5, 0.6) is 0 Å². The Bertz CT molecular complexity index is 419. The second-order valence-electron chi connectivity index (χ2n) is 6.13. The third-order valence-corrected chi connectivity index (χ3v) is 6.66. The van der Waals surface area contributed by atoms with Crippen LogP contribution in [0, 0.1) is 5.92 Å². The third kappa shape index (κ3) is 5.74. The van der Waals surface area contributed by atoms with Gasteiger partial charge in [-0.1, -0.05) is 33.1 Å². The van der Waals surface area contributed by atoms with Crippen LogP contribution in [0.1, 0.15) is 46.0 Å². The minimum absolute atomic E-state index is 0. The van der Waals surface area contributed by atoms with Crippen LogP contribution in [0.25, 0.3) is 0 Å². The fraction of sp³-hybridized carbons (Fsp3) is 0.474. The van der Waals surface area contributed by atoms with E-state index in [2.05, 4.69) is 38.1 Å². The summed E-state index contributed by atoms with van der Waals surface area (Å²) in [7, 11) is 1.03. The molecule has 0 nitrogen and oxygen atoms in total. The van der Waals surface area contributed by atoms with Gasteiger partial charge >= 0.3 is 0 Å². The van der Waals surface area contributed by atoms with Gasteiger partial charge in [-0.15, -0.1) is 13.9 Å². The van der Waals surface area contributed by atoms with Crippen LogP contribution in [-0.4, -0.2) is 5.16 Å². The summed E-state index contributed by atoms with van der Waals surface area (Å²) >= 11 is 0. The van der Waals surface area contributed by atoms with Gasteiger partial charge in [-0.3, -0.25) is 0 Å². The molecule has 1 unspecified atom stereocenters. The molecule has 2 aromatic carbocycles. The Labute approximate surface area is 142 Å². The van der Waals surface area contributed by atoms with Gasteiger partial charge in [-0.05, 0) is 23.9 Å². The minimum Gasteiger partial charge on any atom is -0.748 e. The zero-order valence-corrected chi connectivity index (χ0v) is 15.3. The zero-order valence-electron chi connectivity index (χ0n) is 13.2. The second-order valence-corrected chi connectivity index (χ2v) is 7.96. The van der Waals surface area contributed by atoms with E-state index < -0.39 is 0 Å². The summed E-state index contributed by atoms with van der Waals surface area (Å²) < 4.78 is 0. The Balaban J connectivity index is 0.000000313. The van der Waals surface area contributed by atoms with Gasteiger partial charge < -0.3 is 30.3 Å². The zero-order chi connectivity index (χ0) is 14.3. The summed E-state index contributed by atoms with van der Waals surface area (Å²) in [6.07, 6.45) is 7.26. The fourth-order valence-electron chi connectivity index (χ4n) is 3.09. The Morgan fingerprint density at radius 3 is 1.81 bits per heavy atom. The molecule has 0 aromatic heterocycles. The van der Waals surface area contributed by atoms with E-state index in [0.717, 1.165) is 14.5 Å². The van der Waals surface area contributed by atoms with E-state index in [9.17, 15) is 0 Å². The van der Waals surface area contributed by atoms with Gasteiger partial charge in [0, 0.05) is 17.1 Å². The molecular weight excluding hydrogens is 315 g/mol. The normalized spacial score (nSPS) is 17.3. The Morgan fingerprint density at radius 1 is 0.905 bits per heavy atom. The third-order valence-electron chi connectivity index (χ3n) is 4.46. The van der Waals surface area contributed by atoms with Crippen molar-refractivity contribution in [3.8, 4) is 0 Å². The maximum atomic E-state index is 2.42. The van der Waals surface area contributed by atoms with E-state index in [1.165, 1.54) is 32.1 Å². The largest absolute Gasteiger partial charge is 0.748 e. The van der Waals surface area contributed by atoms with Crippen LogP contribution in [0.2, 0.25) is 0 Å². The van der Waals surface area contributed by atoms with Crippen molar-refractivity contribution >= 4 is 13.9 Å². The van der Waals surface area contributed by atoms with Gasteiger partial charge in [-0.2, -0.15) is 12.1 Å². The average Bonchev–Trinajstić information content (AvgIpc) is 3.15. The van der Waals surface area contributed by atoms with Gasteiger partial charge in [0.15, 0.2) is 0 Å². The van der Waals surface area contributed by atoms with Crippen molar-refractivity contribution in [2.75, 3.05) is 0 Å². The summed E-state index contributed by atoms with van der Waals surface area (Å²) in [4.78, 5) is 0. The van der Waals surface area contributed by atoms with E-state index >= 15 is 0 Å². The molecule has 0 radical (unpaired) electrons. The van der Waals surface area contributed by atoms with Crippen molar-refractivity contribution in [1.29, 1.82) is 0 Å². The SMILES string of the molecule is CC(C)C1(P[c-]2cccc2)CCCCC1.[Fe].[cH-]1[cH-][cH-][cH-][cH-]1. The molecule has 2 aromatic rings. The number of rotatable bonds is 3. The van der Waals surface area contributed by atoms with Gasteiger partial charge in [0.25, 0.3) is 0 Å². The Hall–Kier alpha value is -0.351. The van der Waals surface area contributed by atoms with E-state index in [1.807, 2.05) is 30.3 Å². The first-order chi connectivity index (χ1) is 9.73. The van der Waals surface area contributed by atoms with Crippen molar-refractivity contribution in [3.05, 3.63) is 54.6 Å². The molecule has 1 aliphatic carbocycles. The van der Waals surface area contributed by atoms with Crippen molar-refractivity contribution in [1.82, 2.24) is 0 Å². The van der Waals surface area contributed by atoms with E-state index in [4.69, 9.17) is 0 Å². The fourth-order valence-corrected chi connectivity index (χ4v) is 4.92. The summed E-state index contributed by atoms with van der Waals surface area (Å²) in [5.41, 5.74) is 0. The van der Waals surface area contributed by atoms with Gasteiger partial charge in [-0.25, -0.2) is 12.1 Å². The average molecular weight is 342 g/mol. The molecule has 0 aliphatic heterocycles. The minimum atomic E-state index is 0. The molecule has 2 heteroatoms. The first kappa shape index (κ1) is 18.7. The van der Waals surface area contributed by atoms with E-state index in [-0.39, 0.29) is 17.1 Å². The Kier molecular flexibility index (Phi) is 8.57. The van der Waals surface area contributed by atoms with Gasteiger partial charge in [0.1, 0.15) is 0 Å². The van der Waals surface area contributed by atoms with E-state index in [1.54, 1.807) is 5.30 Å². The van der Waals surface area contributed by atoms with E-state index in [0.29, 0.717) is 5.16 Å². The molecule has 1 saturated carbocycles. The topological polar surface area (TPSA) is 0 Å². The predicted octanol–water partition coefficient (Wildman–Crippen LogP) is 5.47. The molecule has 1 aliphatic rings. The molecule has 0 spiro atoms. The van der Waals surface area contributed by atoms with Crippen LogP contribution in [0.4, 0.5) is 0 Å². The molecule has 0 bridgehead atoms. The molecule has 122 valence electrons. The van der Waals surface area contributed by atoms with Gasteiger partial charge in [0.05, 0.1) is 0 Å². The molecule has 0 saturated heterocycles. The van der Waals surface area contributed by atoms with Crippen LogP contribution in [0.15, 0.2) is 54.6 Å². The molecule has 0 N–H and O–H groups in total. The summed E-state index contributed by atoms with van der Waals surface area (Å²) in [6.45, 7) is 4.84. The van der Waals surface area contributed by atoms with Crippen LogP contribution in [0.3, 0.4) is 0 Å². The predicted molar refractivity (Wildman–Crippen MR) is 92.7 cm³/mol. The first-order valence-electron chi connectivity index (χ1n) is 7.89. The summed E-state index contributed by atoms with van der Waals surface area (Å²) in [5, 5.41) is 2.21. The maximum absolute atomic E-state index is 2.42. The molecule has 1 fully saturated rings. The molecule has 0 amide bonds. The van der Waals surface area contributed by atoms with Gasteiger partial charge in [0.2, 0.25) is 0 Å². The maximum Gasteiger partial charge on any atom is 0 e. The van der Waals surface area contributed by atoms with Crippen molar-refractivity contribution in [2.24, 2.45) is 5.92 Å². The molecule has 3 rings (SSSR count). The second kappa shape index (κ2) is 9.62. The molecule has 1 atom stereocenters. The summed E-state index contributed by atoms with van der Waals surface area (Å²) in [5.74, 6) is 0.839. The van der Waals surface area contributed by atoms with Crippen molar-refractivity contribution in [2.45, 2.75) is 51.1 Å². The smallest absolute Gasteiger partial charge is 0 e. The summed E-state index contributed by atoms with van der Waals surface area (Å²) in [6, 6.07) is 19.0. The van der Waals surface area contributed by atoms with Crippen LogP contribution >= 0.6 is 8.58 Å². The molecule has 21 heavy (non-hydrogen) atoms. The molecular formula is C19H27FeP-6. The molecule has 0 heterocycles. The quantitative estimate of drug-likeness (QED) is 0.394. The van der Waals surface area contributed by atoms with Crippen LogP contribution < -0.4 is 5.30 Å². The number of hydrogen-bond acceptors (Lipinski definition) is 0. The Morgan fingerprint density at radius 2 is 1.38 bits per heavy atom.